The van der Waals surface area contributed by atoms with Crippen LogP contribution >= 0.6 is 15.9 Å². The number of hydrogen-bond acceptors (Lipinski definition) is 5. The number of aliphatic hydroxyl groups excluding tert-OH is 2. The summed E-state index contributed by atoms with van der Waals surface area (Å²) in [4.78, 5) is 9.90. The van der Waals surface area contributed by atoms with Gasteiger partial charge in [-0.15, -0.1) is 0 Å². The molecule has 0 radical (unpaired) electrons. The maximum Gasteiger partial charge on any atom is 0.0938 e. The Morgan fingerprint density at radius 1 is 1.14 bits per heavy atom. The maximum absolute atomic E-state index is 10.8. The number of fused-ring (bicyclic) bond motifs is 1. The van der Waals surface area contributed by atoms with Gasteiger partial charge in [-0.3, -0.25) is 9.88 Å². The van der Waals surface area contributed by atoms with Crippen molar-refractivity contribution in [2.24, 2.45) is 5.41 Å². The Hall–Kier alpha value is -1.93. The van der Waals surface area contributed by atoms with E-state index in [0.29, 0.717) is 5.69 Å². The lowest BCUT2D eigenvalue weighted by atomic mass is 9.84. The van der Waals surface area contributed by atoms with Crippen LogP contribution in [0.15, 0.2) is 34.9 Å². The van der Waals surface area contributed by atoms with Gasteiger partial charge in [0.25, 0.3) is 0 Å². The van der Waals surface area contributed by atoms with Crippen molar-refractivity contribution < 1.29 is 10.2 Å². The molecule has 0 amide bonds. The molecule has 2 aliphatic rings. The third kappa shape index (κ3) is 4.95. The first-order valence-electron chi connectivity index (χ1n) is 13.3. The number of aliphatic hydroxyl groups is 2. The Balaban J connectivity index is 1.66. The summed E-state index contributed by atoms with van der Waals surface area (Å²) in [7, 11) is 0. The van der Waals surface area contributed by atoms with Crippen LogP contribution in [0.1, 0.15) is 57.9 Å². The van der Waals surface area contributed by atoms with Crippen LogP contribution in [-0.2, 0) is 13.0 Å². The monoisotopic (exact) mass is 554 g/mol. The normalized spacial score (nSPS) is 18.2. The van der Waals surface area contributed by atoms with Gasteiger partial charge in [0, 0.05) is 66.3 Å². The van der Waals surface area contributed by atoms with Gasteiger partial charge in [0.1, 0.15) is 0 Å². The average molecular weight is 556 g/mol. The first-order chi connectivity index (χ1) is 17.2. The third-order valence-electron chi connectivity index (χ3n) is 7.83. The second kappa shape index (κ2) is 10.1. The molecule has 1 atom stereocenters. The minimum absolute atomic E-state index is 0.103. The quantitative estimate of drug-likeness (QED) is 0.391. The van der Waals surface area contributed by atoms with Gasteiger partial charge in [0.15, 0.2) is 0 Å². The number of rotatable bonds is 8. The molecule has 0 unspecified atom stereocenters. The highest BCUT2D eigenvalue weighted by atomic mass is 79.9. The Bertz CT molecular complexity index is 1240. The van der Waals surface area contributed by atoms with Gasteiger partial charge < -0.3 is 19.7 Å². The highest BCUT2D eigenvalue weighted by molar-refractivity contribution is 9.10. The zero-order valence-corrected chi connectivity index (χ0v) is 23.6. The van der Waals surface area contributed by atoms with Crippen LogP contribution in [0, 0.1) is 5.41 Å². The van der Waals surface area contributed by atoms with Crippen LogP contribution in [0.25, 0.3) is 22.2 Å². The minimum atomic E-state index is -0.686. The van der Waals surface area contributed by atoms with Gasteiger partial charge in [-0.05, 0) is 68.4 Å². The third-order valence-corrected chi connectivity index (χ3v) is 8.32. The Morgan fingerprint density at radius 3 is 2.47 bits per heavy atom. The van der Waals surface area contributed by atoms with Gasteiger partial charge in [0.2, 0.25) is 0 Å². The van der Waals surface area contributed by atoms with Crippen LogP contribution in [0.4, 0.5) is 5.69 Å². The summed E-state index contributed by atoms with van der Waals surface area (Å²) < 4.78 is 3.39. The molecule has 0 bridgehead atoms. The van der Waals surface area contributed by atoms with Crippen molar-refractivity contribution in [2.75, 3.05) is 37.7 Å². The Kier molecular flexibility index (Phi) is 7.20. The summed E-state index contributed by atoms with van der Waals surface area (Å²) in [5.41, 5.74) is 6.00. The standard InChI is InChI=1S/C29H39BrN4O2/c1-5-34-26-9-6-20(30)14-23(26)25(16-29(3,4)18-35)28(34)24-15-22(17-31-27(24)19(2)36)33-12-10-32(11-13-33)21-7-8-21/h6,9,14-15,17,19,21,35-36H,5,7-8,10-13,16,18H2,1-4H3/t19-/m0/s1. The molecule has 7 heteroatoms. The summed E-state index contributed by atoms with van der Waals surface area (Å²) in [5, 5.41) is 22.1. The number of benzene rings is 1. The fourth-order valence-corrected chi connectivity index (χ4v) is 6.05. The first-order valence-corrected chi connectivity index (χ1v) is 14.1. The lowest BCUT2D eigenvalue weighted by Gasteiger charge is -2.36. The van der Waals surface area contributed by atoms with E-state index in [2.05, 4.69) is 75.3 Å². The fraction of sp³-hybridized carbons (Fsp3) is 0.552. The van der Waals surface area contributed by atoms with Crippen molar-refractivity contribution in [3.05, 3.63) is 46.2 Å². The molecule has 3 heterocycles. The lowest BCUT2D eigenvalue weighted by molar-refractivity contribution is 0.160. The number of piperazine rings is 1. The molecule has 1 aliphatic heterocycles. The molecule has 5 rings (SSSR count). The van der Waals surface area contributed by atoms with Crippen molar-refractivity contribution in [3.63, 3.8) is 0 Å². The van der Waals surface area contributed by atoms with Crippen LogP contribution in [-0.4, -0.2) is 63.5 Å². The molecule has 1 aromatic carbocycles. The Morgan fingerprint density at radius 2 is 1.86 bits per heavy atom. The van der Waals surface area contributed by atoms with Crippen molar-refractivity contribution in [3.8, 4) is 11.3 Å². The molecule has 1 aliphatic carbocycles. The molecule has 1 saturated carbocycles. The molecule has 0 spiro atoms. The van der Waals surface area contributed by atoms with Gasteiger partial charge in [-0.2, -0.15) is 0 Å². The summed E-state index contributed by atoms with van der Waals surface area (Å²) in [5.74, 6) is 0. The molecule has 2 aromatic heterocycles. The number of halogens is 1. The van der Waals surface area contributed by atoms with E-state index in [1.165, 1.54) is 29.3 Å². The number of aryl methyl sites for hydroxylation is 1. The number of anilines is 1. The van der Waals surface area contributed by atoms with E-state index in [1.54, 1.807) is 6.92 Å². The van der Waals surface area contributed by atoms with E-state index in [9.17, 15) is 10.2 Å². The predicted molar refractivity (Wildman–Crippen MR) is 151 cm³/mol. The number of pyridine rings is 1. The summed E-state index contributed by atoms with van der Waals surface area (Å²) in [6, 6.07) is 9.48. The fourth-order valence-electron chi connectivity index (χ4n) is 5.69. The average Bonchev–Trinajstić information content (AvgIpc) is 3.68. The maximum atomic E-state index is 10.8. The first kappa shape index (κ1) is 25.7. The lowest BCUT2D eigenvalue weighted by Crippen LogP contribution is -2.47. The largest absolute Gasteiger partial charge is 0.396 e. The second-order valence-electron chi connectivity index (χ2n) is 11.3. The highest BCUT2D eigenvalue weighted by Gasteiger charge is 2.32. The molecule has 1 saturated heterocycles. The SMILES string of the molecule is CCn1c(-c2cc(N3CCN(C4CC4)CC3)cnc2[C@H](C)O)c(CC(C)(C)CO)c2cc(Br)ccc21. The number of aromatic nitrogens is 2. The number of hydrogen-bond donors (Lipinski definition) is 2. The van der Waals surface area contributed by atoms with E-state index >= 15 is 0 Å². The van der Waals surface area contributed by atoms with Crippen molar-refractivity contribution >= 4 is 32.5 Å². The van der Waals surface area contributed by atoms with E-state index < -0.39 is 6.10 Å². The highest BCUT2D eigenvalue weighted by Crippen LogP contribution is 2.42. The predicted octanol–water partition coefficient (Wildman–Crippen LogP) is 5.38. The van der Waals surface area contributed by atoms with Gasteiger partial charge in [-0.1, -0.05) is 29.8 Å². The van der Waals surface area contributed by atoms with Crippen molar-refractivity contribution in [1.82, 2.24) is 14.5 Å². The zero-order chi connectivity index (χ0) is 25.6. The van der Waals surface area contributed by atoms with E-state index in [0.717, 1.165) is 66.6 Å². The van der Waals surface area contributed by atoms with Gasteiger partial charge in [-0.25, -0.2) is 0 Å². The van der Waals surface area contributed by atoms with Crippen LogP contribution in [0.5, 0.6) is 0 Å². The molecule has 2 N–H and O–H groups in total. The van der Waals surface area contributed by atoms with Crippen molar-refractivity contribution in [1.29, 1.82) is 0 Å². The molecule has 2 fully saturated rings. The molecule has 6 nitrogen and oxygen atoms in total. The van der Waals surface area contributed by atoms with E-state index in [4.69, 9.17) is 4.98 Å². The zero-order valence-electron chi connectivity index (χ0n) is 22.0. The Labute approximate surface area is 223 Å². The molecular weight excluding hydrogens is 516 g/mol. The smallest absolute Gasteiger partial charge is 0.0938 e. The van der Waals surface area contributed by atoms with E-state index in [-0.39, 0.29) is 12.0 Å². The van der Waals surface area contributed by atoms with Gasteiger partial charge >= 0.3 is 0 Å². The summed E-state index contributed by atoms with van der Waals surface area (Å²) in [6.45, 7) is 13.3. The van der Waals surface area contributed by atoms with Crippen LogP contribution < -0.4 is 4.90 Å². The summed E-state index contributed by atoms with van der Waals surface area (Å²) >= 11 is 3.67. The van der Waals surface area contributed by atoms with Gasteiger partial charge in [0.05, 0.1) is 29.4 Å². The van der Waals surface area contributed by atoms with E-state index in [1.807, 2.05) is 6.20 Å². The molecule has 3 aromatic rings. The number of nitrogens with zero attached hydrogens (tertiary/aromatic N) is 4. The minimum Gasteiger partial charge on any atom is -0.396 e. The molecule has 36 heavy (non-hydrogen) atoms. The summed E-state index contributed by atoms with van der Waals surface area (Å²) in [6.07, 6.45) is 4.67. The van der Waals surface area contributed by atoms with Crippen LogP contribution in [0.3, 0.4) is 0 Å². The molecular formula is C29H39BrN4O2. The van der Waals surface area contributed by atoms with Crippen LogP contribution in [0.2, 0.25) is 0 Å². The molecule has 194 valence electrons. The van der Waals surface area contributed by atoms with Crippen molar-refractivity contribution in [2.45, 2.75) is 65.6 Å². The second-order valence-corrected chi connectivity index (χ2v) is 12.2. The topological polar surface area (TPSA) is 64.8 Å².